The summed E-state index contributed by atoms with van der Waals surface area (Å²) in [4.78, 5) is 12.0. The van der Waals surface area contributed by atoms with Crippen molar-refractivity contribution in [3.05, 3.63) is 46.2 Å². The first kappa shape index (κ1) is 12.7. The van der Waals surface area contributed by atoms with Gasteiger partial charge in [-0.3, -0.25) is 4.79 Å². The number of nitrogens with two attached hydrogens (primary N) is 1. The average molecular weight is 308 g/mol. The van der Waals surface area contributed by atoms with E-state index in [0.717, 1.165) is 15.7 Å². The van der Waals surface area contributed by atoms with E-state index in [1.54, 1.807) is 23.9 Å². The predicted molar refractivity (Wildman–Crippen MR) is 76.7 cm³/mol. The van der Waals surface area contributed by atoms with Crippen molar-refractivity contribution in [2.45, 2.75) is 6.92 Å². The second-order valence-electron chi connectivity index (χ2n) is 4.19. The summed E-state index contributed by atoms with van der Waals surface area (Å²) in [5.41, 5.74) is 8.62. The first-order valence-corrected chi connectivity index (χ1v) is 6.26. The largest absolute Gasteiger partial charge is 0.397 e. The third-order valence-electron chi connectivity index (χ3n) is 2.69. The molecule has 0 aliphatic heterocycles. The van der Waals surface area contributed by atoms with Gasteiger partial charge < -0.3 is 15.6 Å². The van der Waals surface area contributed by atoms with Crippen molar-refractivity contribution in [1.82, 2.24) is 4.57 Å². The zero-order chi connectivity index (χ0) is 13.3. The quantitative estimate of drug-likeness (QED) is 0.896. The van der Waals surface area contributed by atoms with Gasteiger partial charge in [-0.15, -0.1) is 0 Å². The van der Waals surface area contributed by atoms with Gasteiger partial charge in [-0.05, 0) is 30.7 Å². The predicted octanol–water partition coefficient (Wildman–Crippen LogP) is 2.93. The number of nitrogens with zero attached hydrogens (tertiary/aromatic N) is 1. The Morgan fingerprint density at radius 1 is 1.39 bits per heavy atom. The lowest BCUT2D eigenvalue weighted by atomic mass is 10.2. The summed E-state index contributed by atoms with van der Waals surface area (Å²) in [5.74, 6) is -0.176. The molecule has 0 saturated carbocycles. The van der Waals surface area contributed by atoms with Crippen LogP contribution in [0.3, 0.4) is 0 Å². The Morgan fingerprint density at radius 3 is 2.67 bits per heavy atom. The number of hydrogen-bond acceptors (Lipinski definition) is 2. The molecule has 0 bridgehead atoms. The Labute approximate surface area is 114 Å². The third kappa shape index (κ3) is 2.56. The van der Waals surface area contributed by atoms with Crippen molar-refractivity contribution in [3.8, 4) is 0 Å². The van der Waals surface area contributed by atoms with E-state index in [1.165, 1.54) is 0 Å². The maximum Gasteiger partial charge on any atom is 0.272 e. The van der Waals surface area contributed by atoms with Crippen molar-refractivity contribution in [1.29, 1.82) is 0 Å². The molecule has 0 saturated heterocycles. The highest BCUT2D eigenvalue weighted by Gasteiger charge is 2.11. The molecule has 1 aromatic carbocycles. The third-order valence-corrected chi connectivity index (χ3v) is 3.54. The van der Waals surface area contributed by atoms with Gasteiger partial charge in [0.05, 0.1) is 5.69 Å². The number of amides is 1. The second-order valence-corrected chi connectivity index (χ2v) is 5.04. The van der Waals surface area contributed by atoms with Crippen LogP contribution in [0.2, 0.25) is 0 Å². The number of halogens is 1. The van der Waals surface area contributed by atoms with Crippen molar-refractivity contribution in [3.63, 3.8) is 0 Å². The number of rotatable bonds is 2. The normalized spacial score (nSPS) is 10.4. The maximum absolute atomic E-state index is 12.0. The van der Waals surface area contributed by atoms with Crippen LogP contribution in [-0.4, -0.2) is 10.5 Å². The summed E-state index contributed by atoms with van der Waals surface area (Å²) in [5, 5.41) is 2.84. The average Bonchev–Trinajstić information content (AvgIpc) is 2.63. The highest BCUT2D eigenvalue weighted by molar-refractivity contribution is 9.10. The summed E-state index contributed by atoms with van der Waals surface area (Å²) in [6.45, 7) is 1.99. The summed E-state index contributed by atoms with van der Waals surface area (Å²) < 4.78 is 2.67. The van der Waals surface area contributed by atoms with Crippen LogP contribution in [0.5, 0.6) is 0 Å². The van der Waals surface area contributed by atoms with Gasteiger partial charge in [0.1, 0.15) is 5.69 Å². The minimum absolute atomic E-state index is 0.176. The highest BCUT2D eigenvalue weighted by Crippen LogP contribution is 2.21. The van der Waals surface area contributed by atoms with Crippen LogP contribution in [0, 0.1) is 6.92 Å². The van der Waals surface area contributed by atoms with Crippen LogP contribution >= 0.6 is 15.9 Å². The highest BCUT2D eigenvalue weighted by atomic mass is 79.9. The topological polar surface area (TPSA) is 60.1 Å². The number of anilines is 2. The molecular formula is C13H14BrN3O. The lowest BCUT2D eigenvalue weighted by Gasteiger charge is -2.07. The van der Waals surface area contributed by atoms with Crippen LogP contribution in [0.4, 0.5) is 11.4 Å². The molecule has 2 aromatic rings. The molecule has 1 heterocycles. The number of nitrogen functional groups attached to an aromatic ring is 1. The monoisotopic (exact) mass is 307 g/mol. The molecule has 0 radical (unpaired) electrons. The van der Waals surface area contributed by atoms with Crippen molar-refractivity contribution < 1.29 is 4.79 Å². The molecule has 2 rings (SSSR count). The van der Waals surface area contributed by atoms with Gasteiger partial charge in [-0.25, -0.2) is 0 Å². The fourth-order valence-electron chi connectivity index (χ4n) is 1.68. The summed E-state index contributed by atoms with van der Waals surface area (Å²) in [7, 11) is 1.79. The van der Waals surface area contributed by atoms with Crippen LogP contribution < -0.4 is 11.1 Å². The van der Waals surface area contributed by atoms with Crippen molar-refractivity contribution >= 4 is 33.2 Å². The van der Waals surface area contributed by atoms with E-state index in [9.17, 15) is 4.79 Å². The Hall–Kier alpha value is -1.75. The number of carbonyl (C=O) groups is 1. The molecule has 3 N–H and O–H groups in total. The molecule has 0 atom stereocenters. The van der Waals surface area contributed by atoms with E-state index in [-0.39, 0.29) is 5.91 Å². The lowest BCUT2D eigenvalue weighted by Crippen LogP contribution is -2.15. The molecule has 5 heteroatoms. The standard InChI is InChI=1S/C13H14BrN3O/c1-8-3-4-10(6-11(8)14)16-13(18)12-5-9(15)7-17(12)2/h3-7H,15H2,1-2H3,(H,16,18). The van der Waals surface area contributed by atoms with Gasteiger partial charge in [0.25, 0.3) is 5.91 Å². The molecule has 0 fully saturated rings. The molecule has 0 aliphatic rings. The van der Waals surface area contributed by atoms with Gasteiger partial charge in [-0.2, -0.15) is 0 Å². The molecule has 4 nitrogen and oxygen atoms in total. The van der Waals surface area contributed by atoms with Crippen molar-refractivity contribution in [2.75, 3.05) is 11.1 Å². The Balaban J connectivity index is 2.21. The van der Waals surface area contributed by atoms with E-state index in [2.05, 4.69) is 21.2 Å². The van der Waals surface area contributed by atoms with Crippen molar-refractivity contribution in [2.24, 2.45) is 7.05 Å². The number of hydrogen-bond donors (Lipinski definition) is 2. The van der Waals surface area contributed by atoms with Gasteiger partial charge in [0.2, 0.25) is 0 Å². The molecule has 1 aromatic heterocycles. The summed E-state index contributed by atoms with van der Waals surface area (Å²) >= 11 is 3.43. The zero-order valence-corrected chi connectivity index (χ0v) is 11.8. The van der Waals surface area contributed by atoms with E-state index >= 15 is 0 Å². The van der Waals surface area contributed by atoms with E-state index < -0.39 is 0 Å². The number of aromatic nitrogens is 1. The molecule has 18 heavy (non-hydrogen) atoms. The van der Waals surface area contributed by atoms with E-state index in [1.807, 2.05) is 25.1 Å². The fraction of sp³-hybridized carbons (Fsp3) is 0.154. The van der Waals surface area contributed by atoms with Gasteiger partial charge in [0.15, 0.2) is 0 Å². The zero-order valence-electron chi connectivity index (χ0n) is 10.2. The molecule has 1 amide bonds. The Bertz CT molecular complexity index is 604. The van der Waals surface area contributed by atoms with E-state index in [0.29, 0.717) is 11.4 Å². The molecule has 0 spiro atoms. The van der Waals surface area contributed by atoms with Gasteiger partial charge in [-0.1, -0.05) is 22.0 Å². The van der Waals surface area contributed by atoms with Crippen LogP contribution in [0.15, 0.2) is 34.9 Å². The maximum atomic E-state index is 12.0. The second kappa shape index (κ2) is 4.86. The smallest absolute Gasteiger partial charge is 0.272 e. The summed E-state index contributed by atoms with van der Waals surface area (Å²) in [6, 6.07) is 7.33. The van der Waals surface area contributed by atoms with Gasteiger partial charge >= 0.3 is 0 Å². The van der Waals surface area contributed by atoms with E-state index in [4.69, 9.17) is 5.73 Å². The SMILES string of the molecule is Cc1ccc(NC(=O)c2cc(N)cn2C)cc1Br. The minimum atomic E-state index is -0.176. The molecule has 94 valence electrons. The molecule has 0 unspecified atom stereocenters. The number of aryl methyl sites for hydroxylation is 2. The van der Waals surface area contributed by atoms with Crippen LogP contribution in [0.25, 0.3) is 0 Å². The van der Waals surface area contributed by atoms with Crippen LogP contribution in [-0.2, 0) is 7.05 Å². The Kier molecular flexibility index (Phi) is 3.43. The van der Waals surface area contributed by atoms with Gasteiger partial charge in [0, 0.05) is 23.4 Å². The number of carbonyl (C=O) groups excluding carboxylic acids is 1. The number of nitrogens with one attached hydrogen (secondary N) is 1. The molecular weight excluding hydrogens is 294 g/mol. The molecule has 0 aliphatic carbocycles. The Morgan fingerprint density at radius 2 is 2.11 bits per heavy atom. The first-order valence-electron chi connectivity index (χ1n) is 5.46. The lowest BCUT2D eigenvalue weighted by molar-refractivity contribution is 0.101. The summed E-state index contributed by atoms with van der Waals surface area (Å²) in [6.07, 6.45) is 1.71. The fourth-order valence-corrected chi connectivity index (χ4v) is 2.06. The first-order chi connectivity index (χ1) is 8.47. The number of benzene rings is 1. The van der Waals surface area contributed by atoms with Crippen LogP contribution in [0.1, 0.15) is 16.1 Å². The minimum Gasteiger partial charge on any atom is -0.397 e.